The summed E-state index contributed by atoms with van der Waals surface area (Å²) in [6, 6.07) is 0.292. The van der Waals surface area contributed by atoms with E-state index in [4.69, 9.17) is 4.74 Å². The zero-order valence-electron chi connectivity index (χ0n) is 9.86. The Kier molecular flexibility index (Phi) is 4.69. The molecule has 5 nitrogen and oxygen atoms in total. The van der Waals surface area contributed by atoms with Gasteiger partial charge >= 0.3 is 6.01 Å². The van der Waals surface area contributed by atoms with Gasteiger partial charge in [-0.05, 0) is 5.92 Å². The summed E-state index contributed by atoms with van der Waals surface area (Å²) in [6.45, 7) is 4.11. The Morgan fingerprint density at radius 3 is 2.62 bits per heavy atom. The first-order valence-electron chi connectivity index (χ1n) is 5.31. The average Bonchev–Trinajstić information content (AvgIpc) is 2.29. The van der Waals surface area contributed by atoms with Gasteiger partial charge in [-0.15, -0.1) is 0 Å². The molecule has 1 amide bonds. The highest BCUT2D eigenvalue weighted by atomic mass is 16.5. The molecule has 5 heteroatoms. The van der Waals surface area contributed by atoms with Crippen molar-refractivity contribution in [2.45, 2.75) is 26.7 Å². The van der Waals surface area contributed by atoms with Crippen LogP contribution in [0.5, 0.6) is 6.01 Å². The number of nitrogens with zero attached hydrogens (tertiary/aromatic N) is 2. The van der Waals surface area contributed by atoms with E-state index in [2.05, 4.69) is 22.2 Å². The molecule has 1 N–H and O–H groups in total. The lowest BCUT2D eigenvalue weighted by atomic mass is 10.1. The summed E-state index contributed by atoms with van der Waals surface area (Å²) in [7, 11) is 1.50. The number of ether oxygens (including phenoxy) is 1. The summed E-state index contributed by atoms with van der Waals surface area (Å²) >= 11 is 0. The molecule has 0 bridgehead atoms. The topological polar surface area (TPSA) is 64.1 Å². The fourth-order valence-electron chi connectivity index (χ4n) is 1.16. The van der Waals surface area contributed by atoms with E-state index in [1.807, 2.05) is 6.92 Å². The first-order chi connectivity index (χ1) is 7.65. The molecule has 0 saturated carbocycles. The minimum atomic E-state index is -0.0110. The second-order valence-electron chi connectivity index (χ2n) is 3.72. The predicted octanol–water partition coefficient (Wildman–Crippen LogP) is 1.86. The van der Waals surface area contributed by atoms with Crippen LogP contribution in [-0.4, -0.2) is 23.0 Å². The van der Waals surface area contributed by atoms with Gasteiger partial charge in [0, 0.05) is 6.42 Å². The minimum Gasteiger partial charge on any atom is -0.467 e. The first kappa shape index (κ1) is 12.4. The Morgan fingerprint density at radius 1 is 1.50 bits per heavy atom. The van der Waals surface area contributed by atoms with E-state index in [1.54, 1.807) is 0 Å². The normalized spacial score (nSPS) is 11.9. The van der Waals surface area contributed by atoms with Gasteiger partial charge in [-0.2, -0.15) is 0 Å². The number of nitrogens with one attached hydrogen (secondary N) is 1. The van der Waals surface area contributed by atoms with Crippen molar-refractivity contribution >= 4 is 11.6 Å². The number of carbonyl (C=O) groups excluding carboxylic acids is 1. The first-order valence-corrected chi connectivity index (χ1v) is 5.31. The molecule has 1 aromatic heterocycles. The number of aromatic nitrogens is 2. The van der Waals surface area contributed by atoms with Gasteiger partial charge in [0.25, 0.3) is 0 Å². The molecule has 1 atom stereocenters. The van der Waals surface area contributed by atoms with E-state index >= 15 is 0 Å². The number of amides is 1. The van der Waals surface area contributed by atoms with E-state index in [0.29, 0.717) is 24.0 Å². The molecule has 1 rings (SSSR count). The summed E-state index contributed by atoms with van der Waals surface area (Å²) in [5.74, 6) is 0.377. The maximum Gasteiger partial charge on any atom is 0.316 e. The fourth-order valence-corrected chi connectivity index (χ4v) is 1.16. The quantitative estimate of drug-likeness (QED) is 0.827. The van der Waals surface area contributed by atoms with Crippen molar-refractivity contribution < 1.29 is 9.53 Å². The van der Waals surface area contributed by atoms with Crippen molar-refractivity contribution in [2.24, 2.45) is 5.92 Å². The Hall–Kier alpha value is -1.65. The molecule has 0 radical (unpaired) electrons. The Balaban J connectivity index is 2.49. The zero-order chi connectivity index (χ0) is 12.0. The van der Waals surface area contributed by atoms with Crippen molar-refractivity contribution in [2.75, 3.05) is 12.4 Å². The van der Waals surface area contributed by atoms with Gasteiger partial charge in [-0.25, -0.2) is 9.97 Å². The van der Waals surface area contributed by atoms with Crippen LogP contribution in [0, 0.1) is 5.92 Å². The largest absolute Gasteiger partial charge is 0.467 e. The maximum absolute atomic E-state index is 11.5. The Morgan fingerprint density at radius 2 is 2.12 bits per heavy atom. The molecule has 88 valence electrons. The van der Waals surface area contributed by atoms with Gasteiger partial charge in [0.1, 0.15) is 0 Å². The monoisotopic (exact) mass is 223 g/mol. The lowest BCUT2D eigenvalue weighted by Crippen LogP contribution is -2.15. The number of hydrogen-bond donors (Lipinski definition) is 1. The van der Waals surface area contributed by atoms with E-state index in [9.17, 15) is 4.79 Å². The van der Waals surface area contributed by atoms with E-state index in [-0.39, 0.29) is 5.91 Å². The molecule has 0 aliphatic heterocycles. The van der Waals surface area contributed by atoms with Crippen LogP contribution in [0.3, 0.4) is 0 Å². The molecule has 0 aliphatic rings. The number of carbonyl (C=O) groups is 1. The molecule has 0 aromatic carbocycles. The summed E-state index contributed by atoms with van der Waals surface area (Å²) in [5, 5.41) is 2.74. The van der Waals surface area contributed by atoms with E-state index < -0.39 is 0 Å². The average molecular weight is 223 g/mol. The highest BCUT2D eigenvalue weighted by Crippen LogP contribution is 2.10. The number of methoxy groups -OCH3 is 1. The highest BCUT2D eigenvalue weighted by molar-refractivity contribution is 5.90. The van der Waals surface area contributed by atoms with E-state index in [0.717, 1.165) is 6.42 Å². The van der Waals surface area contributed by atoms with Gasteiger partial charge in [0.15, 0.2) is 0 Å². The number of rotatable bonds is 5. The molecule has 1 aromatic rings. The smallest absolute Gasteiger partial charge is 0.316 e. The van der Waals surface area contributed by atoms with Crippen LogP contribution < -0.4 is 10.1 Å². The van der Waals surface area contributed by atoms with Crippen LogP contribution in [0.25, 0.3) is 0 Å². The third-order valence-corrected chi connectivity index (χ3v) is 2.33. The maximum atomic E-state index is 11.5. The summed E-state index contributed by atoms with van der Waals surface area (Å²) in [4.78, 5) is 19.3. The molecular weight excluding hydrogens is 206 g/mol. The zero-order valence-corrected chi connectivity index (χ0v) is 9.86. The third kappa shape index (κ3) is 3.84. The standard InChI is InChI=1S/C11H17N3O2/c1-4-8(2)5-10(15)14-9-6-12-11(16-3)13-7-9/h6-8H,4-5H2,1-3H3,(H,14,15)/t8-/m1/s1. The van der Waals surface area contributed by atoms with Crippen LogP contribution in [0.1, 0.15) is 26.7 Å². The lowest BCUT2D eigenvalue weighted by Gasteiger charge is -2.08. The fraction of sp³-hybridized carbons (Fsp3) is 0.545. The Labute approximate surface area is 95.3 Å². The van der Waals surface area contributed by atoms with Crippen LogP contribution in [0.2, 0.25) is 0 Å². The van der Waals surface area contributed by atoms with Gasteiger partial charge in [-0.3, -0.25) is 4.79 Å². The summed E-state index contributed by atoms with van der Waals surface area (Å²) in [6.07, 6.45) is 4.57. The van der Waals surface area contributed by atoms with Crippen LogP contribution in [-0.2, 0) is 4.79 Å². The van der Waals surface area contributed by atoms with Crippen molar-refractivity contribution in [3.05, 3.63) is 12.4 Å². The molecule has 0 aliphatic carbocycles. The highest BCUT2D eigenvalue weighted by Gasteiger charge is 2.07. The molecule has 0 saturated heterocycles. The van der Waals surface area contributed by atoms with Crippen molar-refractivity contribution in [1.29, 1.82) is 0 Å². The van der Waals surface area contributed by atoms with Crippen molar-refractivity contribution in [3.63, 3.8) is 0 Å². The summed E-state index contributed by atoms with van der Waals surface area (Å²) in [5.41, 5.74) is 0.592. The van der Waals surface area contributed by atoms with Crippen molar-refractivity contribution in [1.82, 2.24) is 9.97 Å². The molecule has 0 unspecified atom stereocenters. The second-order valence-corrected chi connectivity index (χ2v) is 3.72. The van der Waals surface area contributed by atoms with Gasteiger partial charge in [-0.1, -0.05) is 20.3 Å². The van der Waals surface area contributed by atoms with Crippen molar-refractivity contribution in [3.8, 4) is 6.01 Å². The van der Waals surface area contributed by atoms with Gasteiger partial charge in [0.05, 0.1) is 25.2 Å². The van der Waals surface area contributed by atoms with Crippen LogP contribution in [0.4, 0.5) is 5.69 Å². The van der Waals surface area contributed by atoms with Gasteiger partial charge < -0.3 is 10.1 Å². The minimum absolute atomic E-state index is 0.0110. The lowest BCUT2D eigenvalue weighted by molar-refractivity contribution is -0.117. The predicted molar refractivity (Wildman–Crippen MR) is 61.3 cm³/mol. The molecule has 16 heavy (non-hydrogen) atoms. The Bertz CT molecular complexity index is 338. The summed E-state index contributed by atoms with van der Waals surface area (Å²) < 4.78 is 4.82. The molecule has 0 spiro atoms. The third-order valence-electron chi connectivity index (χ3n) is 2.33. The van der Waals surface area contributed by atoms with Crippen LogP contribution in [0.15, 0.2) is 12.4 Å². The van der Waals surface area contributed by atoms with Crippen LogP contribution >= 0.6 is 0 Å². The second kappa shape index (κ2) is 6.05. The molecule has 1 heterocycles. The SMILES string of the molecule is CC[C@@H](C)CC(=O)Nc1cnc(OC)nc1. The number of hydrogen-bond acceptors (Lipinski definition) is 4. The van der Waals surface area contributed by atoms with E-state index in [1.165, 1.54) is 19.5 Å². The van der Waals surface area contributed by atoms with Gasteiger partial charge in [0.2, 0.25) is 5.91 Å². The number of anilines is 1. The molecule has 0 fully saturated rings. The molecular formula is C11H17N3O2.